The number of amides is 2. The third-order valence-electron chi connectivity index (χ3n) is 2.65. The Morgan fingerprint density at radius 3 is 3.00 bits per heavy atom. The third-order valence-corrected chi connectivity index (χ3v) is 2.65. The molecule has 6 nitrogen and oxygen atoms in total. The summed E-state index contributed by atoms with van der Waals surface area (Å²) in [6.07, 6.45) is 1.68. The van der Waals surface area contributed by atoms with Gasteiger partial charge in [-0.05, 0) is 17.7 Å². The second-order valence-electron chi connectivity index (χ2n) is 3.82. The van der Waals surface area contributed by atoms with Gasteiger partial charge in [0, 0.05) is 32.9 Å². The summed E-state index contributed by atoms with van der Waals surface area (Å²) in [4.78, 5) is 19.2. The van der Waals surface area contributed by atoms with Gasteiger partial charge in [-0.15, -0.1) is 0 Å². The number of carbonyl (C=O) groups is 1. The van der Waals surface area contributed by atoms with E-state index in [9.17, 15) is 4.79 Å². The van der Waals surface area contributed by atoms with Crippen molar-refractivity contribution >= 4 is 11.8 Å². The Bertz CT molecular complexity index is 395. The number of nitrogens with two attached hydrogens (primary N) is 1. The topological polar surface area (TPSA) is 74.5 Å². The van der Waals surface area contributed by atoms with E-state index in [4.69, 9.17) is 5.84 Å². The molecule has 2 rings (SSSR count). The van der Waals surface area contributed by atoms with Gasteiger partial charge in [0.15, 0.2) is 0 Å². The second-order valence-corrected chi connectivity index (χ2v) is 3.82. The van der Waals surface area contributed by atoms with Crippen molar-refractivity contribution in [2.24, 2.45) is 5.84 Å². The molecule has 0 saturated carbocycles. The molecule has 1 aromatic rings. The predicted octanol–water partition coefficient (Wildman–Crippen LogP) is 0.235. The number of pyridine rings is 1. The molecule has 1 saturated heterocycles. The number of hydrogen-bond donors (Lipinski definition) is 2. The number of carbonyl (C=O) groups excluding carboxylic acids is 1. The summed E-state index contributed by atoms with van der Waals surface area (Å²) in [6.45, 7) is 2.15. The Hall–Kier alpha value is -1.82. The average Bonchev–Trinajstić information content (AvgIpc) is 2.61. The highest BCUT2D eigenvalue weighted by Crippen LogP contribution is 2.13. The molecule has 1 fully saturated rings. The number of hydrazine groups is 1. The van der Waals surface area contributed by atoms with Crippen LogP contribution in [0.15, 0.2) is 18.3 Å². The molecule has 1 aromatic heterocycles. The van der Waals surface area contributed by atoms with Crippen molar-refractivity contribution in [2.75, 3.05) is 25.6 Å². The van der Waals surface area contributed by atoms with Crippen LogP contribution in [0.2, 0.25) is 0 Å². The lowest BCUT2D eigenvalue weighted by Crippen LogP contribution is -2.29. The largest absolute Gasteiger partial charge is 0.326 e. The summed E-state index contributed by atoms with van der Waals surface area (Å²) in [5.41, 5.74) is 3.51. The van der Waals surface area contributed by atoms with Crippen LogP contribution in [0.1, 0.15) is 5.56 Å². The number of nitrogens with zero attached hydrogens (tertiary/aromatic N) is 3. The fourth-order valence-electron chi connectivity index (χ4n) is 1.72. The van der Waals surface area contributed by atoms with Gasteiger partial charge in [-0.25, -0.2) is 15.6 Å². The molecule has 1 aliphatic rings. The number of aromatic nitrogens is 1. The lowest BCUT2D eigenvalue weighted by molar-refractivity contribution is 0.197. The monoisotopic (exact) mass is 221 g/mol. The Morgan fingerprint density at radius 2 is 2.38 bits per heavy atom. The molecule has 3 N–H and O–H groups in total. The summed E-state index contributed by atoms with van der Waals surface area (Å²) in [6, 6.07) is 3.79. The van der Waals surface area contributed by atoms with E-state index in [0.29, 0.717) is 12.4 Å². The zero-order valence-electron chi connectivity index (χ0n) is 9.18. The summed E-state index contributed by atoms with van der Waals surface area (Å²) < 4.78 is 0. The molecule has 1 aliphatic heterocycles. The summed E-state index contributed by atoms with van der Waals surface area (Å²) in [5.74, 6) is 5.88. The van der Waals surface area contributed by atoms with E-state index < -0.39 is 0 Å². The van der Waals surface area contributed by atoms with Crippen LogP contribution in [0, 0.1) is 0 Å². The van der Waals surface area contributed by atoms with Gasteiger partial charge in [0.25, 0.3) is 0 Å². The van der Waals surface area contributed by atoms with E-state index in [0.717, 1.165) is 18.7 Å². The fraction of sp³-hybridized carbons (Fsp3) is 0.400. The van der Waals surface area contributed by atoms with Crippen LogP contribution in [-0.4, -0.2) is 41.0 Å². The van der Waals surface area contributed by atoms with Crippen molar-refractivity contribution in [3.8, 4) is 0 Å². The maximum Gasteiger partial charge on any atom is 0.320 e. The molecule has 0 spiro atoms. The quantitative estimate of drug-likeness (QED) is 0.566. The maximum atomic E-state index is 11.7. The van der Waals surface area contributed by atoms with Crippen LogP contribution >= 0.6 is 0 Å². The van der Waals surface area contributed by atoms with Gasteiger partial charge in [-0.2, -0.15) is 0 Å². The summed E-state index contributed by atoms with van der Waals surface area (Å²) in [5, 5.41) is 0. The van der Waals surface area contributed by atoms with Crippen molar-refractivity contribution in [2.45, 2.75) is 6.54 Å². The average molecular weight is 221 g/mol. The maximum absolute atomic E-state index is 11.7. The first-order valence-corrected chi connectivity index (χ1v) is 5.12. The highest BCUT2D eigenvalue weighted by atomic mass is 16.2. The Kier molecular flexibility index (Phi) is 2.91. The van der Waals surface area contributed by atoms with E-state index >= 15 is 0 Å². The number of nitrogens with one attached hydrogen (secondary N) is 1. The van der Waals surface area contributed by atoms with Gasteiger partial charge >= 0.3 is 6.03 Å². The molecule has 2 heterocycles. The predicted molar refractivity (Wildman–Crippen MR) is 60.5 cm³/mol. The van der Waals surface area contributed by atoms with Gasteiger partial charge in [0.05, 0.1) is 0 Å². The molecule has 0 unspecified atom stereocenters. The van der Waals surface area contributed by atoms with E-state index in [1.165, 1.54) is 0 Å². The summed E-state index contributed by atoms with van der Waals surface area (Å²) >= 11 is 0. The van der Waals surface area contributed by atoms with Crippen molar-refractivity contribution < 1.29 is 4.79 Å². The molecular formula is C10H15N5O. The number of nitrogen functional groups attached to an aromatic ring is 1. The molecular weight excluding hydrogens is 206 g/mol. The number of urea groups is 1. The molecule has 0 atom stereocenters. The molecule has 0 aliphatic carbocycles. The summed E-state index contributed by atoms with van der Waals surface area (Å²) in [7, 11) is 1.81. The molecule has 0 aromatic carbocycles. The minimum Gasteiger partial charge on any atom is -0.326 e. The van der Waals surface area contributed by atoms with Crippen molar-refractivity contribution in [1.29, 1.82) is 0 Å². The van der Waals surface area contributed by atoms with Crippen molar-refractivity contribution in [3.63, 3.8) is 0 Å². The van der Waals surface area contributed by atoms with Crippen LogP contribution < -0.4 is 11.3 Å². The molecule has 16 heavy (non-hydrogen) atoms. The Morgan fingerprint density at radius 1 is 1.56 bits per heavy atom. The van der Waals surface area contributed by atoms with E-state index in [1.54, 1.807) is 16.0 Å². The number of anilines is 1. The Labute approximate surface area is 94.0 Å². The van der Waals surface area contributed by atoms with E-state index in [1.807, 2.05) is 19.2 Å². The number of likely N-dealkylation sites (N-methyl/N-ethyl adjacent to an activating group) is 1. The van der Waals surface area contributed by atoms with Gasteiger partial charge in [-0.3, -0.25) is 0 Å². The van der Waals surface area contributed by atoms with Gasteiger partial charge in [0.1, 0.15) is 5.82 Å². The van der Waals surface area contributed by atoms with Crippen LogP contribution in [0.5, 0.6) is 0 Å². The van der Waals surface area contributed by atoms with Crippen molar-refractivity contribution in [1.82, 2.24) is 14.8 Å². The van der Waals surface area contributed by atoms with Crippen LogP contribution in [-0.2, 0) is 6.54 Å². The Balaban J connectivity index is 2.06. The highest BCUT2D eigenvalue weighted by molar-refractivity contribution is 5.76. The molecule has 6 heteroatoms. The van der Waals surface area contributed by atoms with Crippen LogP contribution in [0.4, 0.5) is 10.6 Å². The van der Waals surface area contributed by atoms with E-state index in [2.05, 4.69) is 10.4 Å². The first-order chi connectivity index (χ1) is 7.70. The van der Waals surface area contributed by atoms with Crippen LogP contribution in [0.3, 0.4) is 0 Å². The SMILES string of the molecule is CN1CCN(Cc2ccnc(NN)c2)C1=O. The highest BCUT2D eigenvalue weighted by Gasteiger charge is 2.24. The molecule has 86 valence electrons. The van der Waals surface area contributed by atoms with Crippen LogP contribution in [0.25, 0.3) is 0 Å². The molecule has 2 amide bonds. The second kappa shape index (κ2) is 4.36. The smallest absolute Gasteiger partial charge is 0.320 e. The van der Waals surface area contributed by atoms with Crippen molar-refractivity contribution in [3.05, 3.63) is 23.9 Å². The normalized spacial score (nSPS) is 15.8. The number of hydrogen-bond acceptors (Lipinski definition) is 4. The first-order valence-electron chi connectivity index (χ1n) is 5.12. The van der Waals surface area contributed by atoms with Gasteiger partial charge in [0.2, 0.25) is 0 Å². The minimum absolute atomic E-state index is 0.0686. The number of rotatable bonds is 3. The van der Waals surface area contributed by atoms with Gasteiger partial charge in [-0.1, -0.05) is 0 Å². The van der Waals surface area contributed by atoms with Gasteiger partial charge < -0.3 is 15.2 Å². The minimum atomic E-state index is 0.0686. The zero-order chi connectivity index (χ0) is 11.5. The van der Waals surface area contributed by atoms with E-state index in [-0.39, 0.29) is 6.03 Å². The zero-order valence-corrected chi connectivity index (χ0v) is 9.18. The lowest BCUT2D eigenvalue weighted by atomic mass is 10.2. The first kappa shape index (κ1) is 10.7. The lowest BCUT2D eigenvalue weighted by Gasteiger charge is -2.16. The molecule has 0 radical (unpaired) electrons. The molecule has 0 bridgehead atoms. The fourth-order valence-corrected chi connectivity index (χ4v) is 1.72. The standard InChI is InChI=1S/C10H15N5O/c1-14-4-5-15(10(14)16)7-8-2-3-12-9(6-8)13-11/h2-3,6H,4-5,7,11H2,1H3,(H,12,13). The third kappa shape index (κ3) is 2.06.